The molecule has 8 heteroatoms. The Morgan fingerprint density at radius 1 is 1.31 bits per heavy atom. The summed E-state index contributed by atoms with van der Waals surface area (Å²) in [4.78, 5) is 21.1. The molecule has 0 bridgehead atoms. The smallest absolute Gasteiger partial charge is 0.217 e. The lowest BCUT2D eigenvalue weighted by Crippen LogP contribution is -2.53. The number of amides is 1. The van der Waals surface area contributed by atoms with E-state index in [1.807, 2.05) is 0 Å². The second-order valence-electron chi connectivity index (χ2n) is 3.09. The minimum atomic E-state index is -1.71. The molecule has 16 heavy (non-hydrogen) atoms. The Hall–Kier alpha value is -1.06. The fourth-order valence-electron chi connectivity index (χ4n) is 0.983. The molecule has 0 saturated carbocycles. The van der Waals surface area contributed by atoms with Gasteiger partial charge in [-0.2, -0.15) is 0 Å². The largest absolute Gasteiger partial charge is 0.394 e. The van der Waals surface area contributed by atoms with Crippen molar-refractivity contribution in [2.75, 3.05) is 6.61 Å². The van der Waals surface area contributed by atoms with Crippen LogP contribution in [0.3, 0.4) is 0 Å². The van der Waals surface area contributed by atoms with Gasteiger partial charge in [-0.1, -0.05) is 0 Å². The number of carbonyl (C=O) groups is 2. The van der Waals surface area contributed by atoms with Crippen molar-refractivity contribution in [2.45, 2.75) is 31.3 Å². The Balaban J connectivity index is 0. The van der Waals surface area contributed by atoms with Gasteiger partial charge in [0.15, 0.2) is 0 Å². The van der Waals surface area contributed by atoms with Crippen LogP contribution in [-0.2, 0) is 9.59 Å². The van der Waals surface area contributed by atoms with Gasteiger partial charge in [0.2, 0.25) is 5.91 Å². The lowest BCUT2D eigenvalue weighted by molar-refractivity contribution is -0.129. The minimum Gasteiger partial charge on any atom is -0.394 e. The van der Waals surface area contributed by atoms with Gasteiger partial charge in [-0.3, -0.25) is 4.79 Å². The molecule has 8 nitrogen and oxygen atoms in total. The monoisotopic (exact) mass is 238 g/mol. The number of nitrogens with one attached hydrogen (secondary N) is 1. The van der Waals surface area contributed by atoms with Crippen molar-refractivity contribution >= 4 is 12.2 Å². The number of hydrogen-bond donors (Lipinski definition) is 6. The van der Waals surface area contributed by atoms with Gasteiger partial charge in [-0.15, -0.1) is 0 Å². The van der Waals surface area contributed by atoms with Crippen molar-refractivity contribution in [3.8, 4) is 0 Å². The molecule has 0 aromatic rings. The maximum absolute atomic E-state index is 10.6. The maximum Gasteiger partial charge on any atom is 0.217 e. The zero-order valence-electron chi connectivity index (χ0n) is 8.91. The summed E-state index contributed by atoms with van der Waals surface area (Å²) in [6, 6.07) is -1.32. The van der Waals surface area contributed by atoms with Crippen LogP contribution in [0.2, 0.25) is 0 Å². The number of carbonyl (C=O) groups excluding carboxylic acids is 2. The molecule has 0 saturated heterocycles. The highest BCUT2D eigenvalue weighted by Crippen LogP contribution is 2.03. The number of aliphatic hydroxyl groups is 4. The van der Waals surface area contributed by atoms with Gasteiger partial charge in [-0.25, -0.2) is 0 Å². The molecule has 96 valence electrons. The highest BCUT2D eigenvalue weighted by Gasteiger charge is 2.31. The van der Waals surface area contributed by atoms with E-state index in [-0.39, 0.29) is 12.4 Å². The van der Waals surface area contributed by atoms with Gasteiger partial charge >= 0.3 is 0 Å². The first-order chi connectivity index (χ1) is 6.93. The Morgan fingerprint density at radius 2 is 1.81 bits per heavy atom. The van der Waals surface area contributed by atoms with Crippen LogP contribution >= 0.6 is 0 Å². The Morgan fingerprint density at radius 3 is 2.12 bits per heavy atom. The average Bonchev–Trinajstić information content (AvgIpc) is 2.22. The quantitative estimate of drug-likeness (QED) is 0.267. The maximum atomic E-state index is 10.6. The van der Waals surface area contributed by atoms with Crippen molar-refractivity contribution in [2.24, 2.45) is 0 Å². The summed E-state index contributed by atoms with van der Waals surface area (Å²) in [7, 11) is 0. The van der Waals surface area contributed by atoms with E-state index < -0.39 is 36.9 Å². The normalized spacial score (nSPS) is 17.6. The molecular formula is C8H18N2O6. The highest BCUT2D eigenvalue weighted by molar-refractivity contribution is 5.77. The van der Waals surface area contributed by atoms with E-state index in [2.05, 4.69) is 5.32 Å². The van der Waals surface area contributed by atoms with Crippen LogP contribution in [0.4, 0.5) is 0 Å². The summed E-state index contributed by atoms with van der Waals surface area (Å²) in [6.07, 6.45) is -4.72. The van der Waals surface area contributed by atoms with Crippen LogP contribution in [-0.4, -0.2) is 63.6 Å². The first-order valence-corrected chi connectivity index (χ1v) is 4.31. The number of aldehydes is 1. The molecule has 0 aromatic heterocycles. The summed E-state index contributed by atoms with van der Waals surface area (Å²) in [6.45, 7) is 0.377. The molecule has 0 spiro atoms. The van der Waals surface area contributed by atoms with Gasteiger partial charge in [-0.05, 0) is 0 Å². The molecule has 0 rings (SSSR count). The van der Waals surface area contributed by atoms with Gasteiger partial charge in [0.05, 0.1) is 6.61 Å². The minimum absolute atomic E-state index is 0. The third-order valence-corrected chi connectivity index (χ3v) is 1.82. The molecule has 1 amide bonds. The van der Waals surface area contributed by atoms with E-state index in [0.717, 1.165) is 6.92 Å². The molecule has 0 aliphatic heterocycles. The molecular weight excluding hydrogens is 220 g/mol. The Bertz CT molecular complexity index is 225. The van der Waals surface area contributed by atoms with E-state index in [0.29, 0.717) is 0 Å². The predicted molar refractivity (Wildman–Crippen MR) is 53.8 cm³/mol. The summed E-state index contributed by atoms with van der Waals surface area (Å²) in [5.41, 5.74) is 0. The van der Waals surface area contributed by atoms with Crippen LogP contribution in [0.25, 0.3) is 0 Å². The number of rotatable bonds is 6. The molecule has 0 heterocycles. The fraction of sp³-hybridized carbons (Fsp3) is 0.750. The van der Waals surface area contributed by atoms with E-state index in [1.165, 1.54) is 0 Å². The molecule has 0 radical (unpaired) electrons. The molecule has 0 fully saturated rings. The molecule has 4 atom stereocenters. The van der Waals surface area contributed by atoms with Crippen molar-refractivity contribution in [1.29, 1.82) is 0 Å². The first kappa shape index (κ1) is 17.3. The summed E-state index contributed by atoms with van der Waals surface area (Å²) in [5.74, 6) is -0.558. The zero-order chi connectivity index (χ0) is 12.0. The zero-order valence-corrected chi connectivity index (χ0v) is 8.91. The molecule has 0 aromatic carbocycles. The van der Waals surface area contributed by atoms with Crippen LogP contribution in [0.15, 0.2) is 0 Å². The van der Waals surface area contributed by atoms with Gasteiger partial charge in [0, 0.05) is 6.92 Å². The van der Waals surface area contributed by atoms with Gasteiger partial charge < -0.3 is 36.7 Å². The van der Waals surface area contributed by atoms with Crippen LogP contribution in [0.5, 0.6) is 0 Å². The van der Waals surface area contributed by atoms with E-state index >= 15 is 0 Å². The lowest BCUT2D eigenvalue weighted by Gasteiger charge is -2.25. The molecule has 4 unspecified atom stereocenters. The van der Waals surface area contributed by atoms with Crippen LogP contribution in [0.1, 0.15) is 6.92 Å². The SMILES string of the molecule is CC(=O)NC(C=O)C(O)C(O)C(O)CO.N. The topological polar surface area (TPSA) is 162 Å². The second-order valence-corrected chi connectivity index (χ2v) is 3.09. The third-order valence-electron chi connectivity index (χ3n) is 1.82. The first-order valence-electron chi connectivity index (χ1n) is 4.31. The Labute approximate surface area is 92.5 Å². The fourth-order valence-corrected chi connectivity index (χ4v) is 0.983. The Kier molecular flexibility index (Phi) is 8.81. The number of aliphatic hydroxyl groups excluding tert-OH is 4. The lowest BCUT2D eigenvalue weighted by atomic mass is 10.0. The van der Waals surface area contributed by atoms with Crippen molar-refractivity contribution in [1.82, 2.24) is 11.5 Å². The van der Waals surface area contributed by atoms with Gasteiger partial charge in [0.25, 0.3) is 0 Å². The molecule has 8 N–H and O–H groups in total. The second kappa shape index (κ2) is 8.13. The summed E-state index contributed by atoms with van der Waals surface area (Å²) < 4.78 is 0. The van der Waals surface area contributed by atoms with Crippen molar-refractivity contribution < 1.29 is 30.0 Å². The molecule has 0 aliphatic carbocycles. The van der Waals surface area contributed by atoms with Crippen LogP contribution < -0.4 is 11.5 Å². The van der Waals surface area contributed by atoms with E-state index in [9.17, 15) is 19.8 Å². The molecule has 0 aliphatic rings. The van der Waals surface area contributed by atoms with E-state index in [4.69, 9.17) is 10.2 Å². The van der Waals surface area contributed by atoms with Crippen molar-refractivity contribution in [3.05, 3.63) is 0 Å². The van der Waals surface area contributed by atoms with Crippen molar-refractivity contribution in [3.63, 3.8) is 0 Å². The number of hydrogen-bond acceptors (Lipinski definition) is 7. The summed E-state index contributed by atoms with van der Waals surface area (Å²) in [5, 5.41) is 38.2. The standard InChI is InChI=1S/C8H15NO6.H3N/c1-4(12)9-5(2-10)7(14)8(15)6(13)3-11;/h2,5-8,11,13-15H,3H2,1H3,(H,9,12);1H3. The highest BCUT2D eigenvalue weighted by atomic mass is 16.4. The summed E-state index contributed by atoms with van der Waals surface area (Å²) >= 11 is 0. The van der Waals surface area contributed by atoms with Gasteiger partial charge in [0.1, 0.15) is 30.6 Å². The van der Waals surface area contributed by atoms with E-state index in [1.54, 1.807) is 0 Å². The van der Waals surface area contributed by atoms with Crippen LogP contribution in [0, 0.1) is 0 Å². The average molecular weight is 238 g/mol. The third kappa shape index (κ3) is 5.14. The predicted octanol–water partition coefficient (Wildman–Crippen LogP) is -3.07.